The van der Waals surface area contributed by atoms with Crippen LogP contribution in [0.1, 0.15) is 51.8 Å². The van der Waals surface area contributed by atoms with Crippen LogP contribution in [0.4, 0.5) is 23.2 Å². The number of aromatic nitrogens is 3. The quantitative estimate of drug-likeness (QED) is 0.412. The second-order valence-corrected chi connectivity index (χ2v) is 11.4. The van der Waals surface area contributed by atoms with Gasteiger partial charge < -0.3 is 14.2 Å². The van der Waals surface area contributed by atoms with Crippen molar-refractivity contribution >= 4 is 11.6 Å². The maximum absolute atomic E-state index is 14.3. The lowest BCUT2D eigenvalue weighted by molar-refractivity contribution is -0.138. The molecule has 2 aromatic carbocycles. The summed E-state index contributed by atoms with van der Waals surface area (Å²) in [5.41, 5.74) is 0.687. The van der Waals surface area contributed by atoms with Crippen LogP contribution < -0.4 is 4.90 Å². The molecule has 0 spiro atoms. The van der Waals surface area contributed by atoms with E-state index in [0.717, 1.165) is 17.5 Å². The first-order valence-electron chi connectivity index (χ1n) is 13.5. The van der Waals surface area contributed by atoms with E-state index in [9.17, 15) is 22.4 Å². The fraction of sp³-hybridized carbons (Fsp3) is 0.483. The highest BCUT2D eigenvalue weighted by Gasteiger charge is 2.43. The number of fused-ring (bicyclic) bond motifs is 1. The number of aryl methyl sites for hydroxylation is 1. The van der Waals surface area contributed by atoms with Gasteiger partial charge in [-0.05, 0) is 59.8 Å². The van der Waals surface area contributed by atoms with Crippen LogP contribution in [-0.4, -0.2) is 58.0 Å². The van der Waals surface area contributed by atoms with Crippen LogP contribution in [0.15, 0.2) is 42.7 Å². The van der Waals surface area contributed by atoms with Crippen molar-refractivity contribution in [3.05, 3.63) is 76.4 Å². The van der Waals surface area contributed by atoms with Gasteiger partial charge >= 0.3 is 6.18 Å². The monoisotopic (exact) mass is 557 g/mol. The van der Waals surface area contributed by atoms with Gasteiger partial charge in [-0.15, -0.1) is 10.2 Å². The zero-order valence-corrected chi connectivity index (χ0v) is 22.4. The SMILES string of the molecule is C[C@@H]1CCN(Cc2cc3c(c(C(F)(F)F)c2)CN(c2cccc(C4(Cc5nncn5C)COC4)c2)C3=O)C[C@@H]1F. The van der Waals surface area contributed by atoms with Crippen LogP contribution >= 0.6 is 0 Å². The molecular formula is C29H31F4N5O2. The maximum Gasteiger partial charge on any atom is 0.416 e. The molecule has 2 fully saturated rings. The molecule has 0 aliphatic carbocycles. The molecule has 0 N–H and O–H groups in total. The Morgan fingerprint density at radius 2 is 1.98 bits per heavy atom. The standard InChI is InChI=1S/C29H31F4N5O2/c1-18-6-7-37(14-25(18)30)12-19-8-22-23(24(9-19)29(31,32)33)13-38(27(22)39)21-5-3-4-20(10-21)28(15-40-16-28)11-26-35-34-17-36(26)2/h3-5,8-10,17-18,25H,6-7,11-16H2,1-2H3/t18-,25+/m1/s1. The van der Waals surface area contributed by atoms with Crippen molar-refractivity contribution in [2.75, 3.05) is 31.2 Å². The van der Waals surface area contributed by atoms with Crippen molar-refractivity contribution in [3.8, 4) is 0 Å². The highest BCUT2D eigenvalue weighted by atomic mass is 19.4. The topological polar surface area (TPSA) is 63.5 Å². The fourth-order valence-electron chi connectivity index (χ4n) is 6.00. The number of nitrogens with zero attached hydrogens (tertiary/aromatic N) is 5. The van der Waals surface area contributed by atoms with E-state index in [-0.39, 0.29) is 42.1 Å². The summed E-state index contributed by atoms with van der Waals surface area (Å²) in [5, 5.41) is 8.16. The minimum atomic E-state index is -4.62. The van der Waals surface area contributed by atoms with Gasteiger partial charge in [0, 0.05) is 43.2 Å². The van der Waals surface area contributed by atoms with E-state index >= 15 is 0 Å². The van der Waals surface area contributed by atoms with E-state index in [1.807, 2.05) is 41.6 Å². The van der Waals surface area contributed by atoms with Gasteiger partial charge in [-0.3, -0.25) is 9.69 Å². The number of carbonyl (C=O) groups is 1. The highest BCUT2D eigenvalue weighted by Crippen LogP contribution is 2.42. The number of halogens is 4. The van der Waals surface area contributed by atoms with Crippen molar-refractivity contribution in [1.82, 2.24) is 19.7 Å². The van der Waals surface area contributed by atoms with E-state index in [2.05, 4.69) is 10.2 Å². The molecule has 3 aromatic rings. The molecule has 1 amide bonds. The van der Waals surface area contributed by atoms with Crippen LogP contribution in [0, 0.1) is 5.92 Å². The van der Waals surface area contributed by atoms with Crippen LogP contribution in [-0.2, 0) is 42.9 Å². The fourth-order valence-corrected chi connectivity index (χ4v) is 6.00. The molecule has 0 saturated carbocycles. The van der Waals surface area contributed by atoms with Gasteiger partial charge in [0.2, 0.25) is 0 Å². The van der Waals surface area contributed by atoms with E-state index in [1.165, 1.54) is 4.90 Å². The Labute approximate surface area is 229 Å². The van der Waals surface area contributed by atoms with Crippen molar-refractivity contribution in [2.24, 2.45) is 13.0 Å². The number of benzene rings is 2. The minimum absolute atomic E-state index is 0.0249. The van der Waals surface area contributed by atoms with Crippen molar-refractivity contribution in [3.63, 3.8) is 0 Å². The van der Waals surface area contributed by atoms with E-state index in [0.29, 0.717) is 43.9 Å². The summed E-state index contributed by atoms with van der Waals surface area (Å²) in [6.45, 7) is 3.54. The van der Waals surface area contributed by atoms with Crippen molar-refractivity contribution < 1.29 is 27.1 Å². The van der Waals surface area contributed by atoms with Gasteiger partial charge in [0.05, 0.1) is 25.3 Å². The van der Waals surface area contributed by atoms with E-state index in [1.54, 1.807) is 18.5 Å². The van der Waals surface area contributed by atoms with Gasteiger partial charge in [-0.25, -0.2) is 4.39 Å². The third kappa shape index (κ3) is 4.79. The Bertz CT molecular complexity index is 1430. The van der Waals surface area contributed by atoms with Crippen LogP contribution in [0.3, 0.4) is 0 Å². The molecule has 2 atom stereocenters. The van der Waals surface area contributed by atoms with Crippen molar-refractivity contribution in [1.29, 1.82) is 0 Å². The number of likely N-dealkylation sites (tertiary alicyclic amines) is 1. The zero-order chi connectivity index (χ0) is 28.2. The summed E-state index contributed by atoms with van der Waals surface area (Å²) >= 11 is 0. The Morgan fingerprint density at radius 3 is 2.62 bits per heavy atom. The number of amides is 1. The average Bonchev–Trinajstić information content (AvgIpc) is 3.45. The zero-order valence-electron chi connectivity index (χ0n) is 22.4. The number of rotatable bonds is 6. The first-order valence-corrected chi connectivity index (χ1v) is 13.5. The minimum Gasteiger partial charge on any atom is -0.379 e. The summed E-state index contributed by atoms with van der Waals surface area (Å²) in [6.07, 6.45) is -2.79. The molecule has 212 valence electrons. The molecule has 0 unspecified atom stereocenters. The molecule has 0 bridgehead atoms. The predicted molar refractivity (Wildman–Crippen MR) is 140 cm³/mol. The Hall–Kier alpha value is -3.31. The summed E-state index contributed by atoms with van der Waals surface area (Å²) in [6, 6.07) is 10.1. The molecule has 7 nitrogen and oxygen atoms in total. The Morgan fingerprint density at radius 1 is 1.18 bits per heavy atom. The number of anilines is 1. The van der Waals surface area contributed by atoms with Gasteiger partial charge in [-0.2, -0.15) is 13.2 Å². The second-order valence-electron chi connectivity index (χ2n) is 11.4. The van der Waals surface area contributed by atoms with E-state index in [4.69, 9.17) is 4.74 Å². The molecule has 40 heavy (non-hydrogen) atoms. The summed E-state index contributed by atoms with van der Waals surface area (Å²) in [4.78, 5) is 16.8. The third-order valence-corrected chi connectivity index (χ3v) is 8.59. The lowest BCUT2D eigenvalue weighted by Crippen LogP contribution is -2.49. The molecule has 4 heterocycles. The average molecular weight is 558 g/mol. The second kappa shape index (κ2) is 9.95. The number of ether oxygens (including phenoxy) is 1. The molecule has 1 aromatic heterocycles. The summed E-state index contributed by atoms with van der Waals surface area (Å²) in [5.74, 6) is 0.254. The number of hydrogen-bond donors (Lipinski definition) is 0. The lowest BCUT2D eigenvalue weighted by atomic mass is 9.75. The maximum atomic E-state index is 14.3. The smallest absolute Gasteiger partial charge is 0.379 e. The van der Waals surface area contributed by atoms with Crippen LogP contribution in [0.2, 0.25) is 0 Å². The van der Waals surface area contributed by atoms with E-state index < -0.39 is 23.8 Å². The largest absolute Gasteiger partial charge is 0.416 e. The summed E-state index contributed by atoms with van der Waals surface area (Å²) < 4.78 is 64.4. The first kappa shape index (κ1) is 26.9. The van der Waals surface area contributed by atoms with Gasteiger partial charge in [0.25, 0.3) is 5.91 Å². The number of alkyl halides is 4. The molecule has 11 heteroatoms. The predicted octanol–water partition coefficient (Wildman–Crippen LogP) is 4.68. The lowest BCUT2D eigenvalue weighted by Gasteiger charge is -2.42. The van der Waals surface area contributed by atoms with Gasteiger partial charge in [0.1, 0.15) is 18.3 Å². The first-order chi connectivity index (χ1) is 19.0. The van der Waals surface area contributed by atoms with Gasteiger partial charge in [0.15, 0.2) is 0 Å². The number of carbonyl (C=O) groups excluding carboxylic acids is 1. The Balaban J connectivity index is 1.30. The number of piperidine rings is 1. The highest BCUT2D eigenvalue weighted by molar-refractivity contribution is 6.10. The van der Waals surface area contributed by atoms with Crippen LogP contribution in [0.25, 0.3) is 0 Å². The van der Waals surface area contributed by atoms with Gasteiger partial charge in [-0.1, -0.05) is 19.1 Å². The Kier molecular flexibility index (Phi) is 6.69. The molecule has 2 saturated heterocycles. The molecular weight excluding hydrogens is 526 g/mol. The van der Waals surface area contributed by atoms with Crippen LogP contribution in [0.5, 0.6) is 0 Å². The van der Waals surface area contributed by atoms with Crippen molar-refractivity contribution in [2.45, 2.75) is 50.6 Å². The number of hydrogen-bond acceptors (Lipinski definition) is 5. The molecule has 0 radical (unpaired) electrons. The molecule has 3 aliphatic heterocycles. The molecule has 6 rings (SSSR count). The summed E-state index contributed by atoms with van der Waals surface area (Å²) in [7, 11) is 1.87. The molecule has 3 aliphatic rings. The normalized spacial score (nSPS) is 22.9. The third-order valence-electron chi connectivity index (χ3n) is 8.59.